The summed E-state index contributed by atoms with van der Waals surface area (Å²) in [7, 11) is -1.04. The van der Waals surface area contributed by atoms with Gasteiger partial charge in [0.05, 0.1) is 11.5 Å². The largest absolute Gasteiger partial charge is 0.480 e. The van der Waals surface area contributed by atoms with Gasteiger partial charge in [-0.15, -0.1) is 23.7 Å². The standard InChI is InChI=1S/C23H24F3N3O6S2.ClH/c1-29(10-11-34-2)14-21(15-6-4-3-5-7-15)13-22(21,20(30)31)28-37(32,33)19-9-8-17(36-19)16-12-18(35-27-16)23(24,25)26;/h3-9,12,28H,10-11,13-14H2,1-2H3,(H,30,31);1H. The summed E-state index contributed by atoms with van der Waals surface area (Å²) in [5.41, 5.74) is -2.42. The van der Waals surface area contributed by atoms with E-state index in [0.29, 0.717) is 36.1 Å². The number of nitrogens with one attached hydrogen (secondary N) is 1. The SMILES string of the molecule is COCCN(C)CC1(c2ccccc2)CC1(NS(=O)(=O)c1ccc(-c2cc(C(F)(F)F)on2)s1)C(=O)O.Cl. The first kappa shape index (κ1) is 30.1. The maximum Gasteiger partial charge on any atom is 0.452 e. The van der Waals surface area contributed by atoms with E-state index >= 15 is 0 Å². The van der Waals surface area contributed by atoms with Gasteiger partial charge in [0.25, 0.3) is 10.0 Å². The summed E-state index contributed by atoms with van der Waals surface area (Å²) in [6.07, 6.45) is -4.73. The van der Waals surface area contributed by atoms with Crippen molar-refractivity contribution in [2.24, 2.45) is 0 Å². The molecule has 2 unspecified atom stereocenters. The zero-order valence-corrected chi connectivity index (χ0v) is 22.6. The fraction of sp³-hybridized carbons (Fsp3) is 0.391. The second-order valence-electron chi connectivity index (χ2n) is 8.86. The van der Waals surface area contributed by atoms with Crippen LogP contribution in [0.25, 0.3) is 10.6 Å². The number of carboxylic acid groups (broad SMARTS) is 1. The van der Waals surface area contributed by atoms with Crippen molar-refractivity contribution in [1.82, 2.24) is 14.8 Å². The van der Waals surface area contributed by atoms with Gasteiger partial charge in [-0.1, -0.05) is 35.5 Å². The molecule has 2 heterocycles. The van der Waals surface area contributed by atoms with E-state index in [1.807, 2.05) is 4.90 Å². The van der Waals surface area contributed by atoms with Gasteiger partial charge in [-0.05, 0) is 31.2 Å². The number of nitrogens with zero attached hydrogens (tertiary/aromatic N) is 2. The molecule has 15 heteroatoms. The van der Waals surface area contributed by atoms with E-state index in [4.69, 9.17) is 4.74 Å². The second kappa shape index (κ2) is 10.9. The first-order valence-corrected chi connectivity index (χ1v) is 13.3. The number of hydrogen-bond donors (Lipinski definition) is 2. The molecular formula is C23H25ClF3N3O6S2. The first-order chi connectivity index (χ1) is 17.3. The van der Waals surface area contributed by atoms with Crippen LogP contribution < -0.4 is 4.72 Å². The van der Waals surface area contributed by atoms with Crippen LogP contribution in [0.2, 0.25) is 0 Å². The predicted molar refractivity (Wildman–Crippen MR) is 135 cm³/mol. The molecule has 1 aliphatic rings. The fourth-order valence-electron chi connectivity index (χ4n) is 4.45. The van der Waals surface area contributed by atoms with Crippen molar-refractivity contribution in [2.45, 2.75) is 27.8 Å². The average molecular weight is 596 g/mol. The molecule has 2 aromatic heterocycles. The van der Waals surface area contributed by atoms with E-state index in [2.05, 4.69) is 14.4 Å². The third kappa shape index (κ3) is 5.60. The zero-order valence-electron chi connectivity index (χ0n) is 20.2. The smallest absolute Gasteiger partial charge is 0.452 e. The molecule has 38 heavy (non-hydrogen) atoms. The van der Waals surface area contributed by atoms with Gasteiger partial charge in [0.15, 0.2) is 0 Å². The van der Waals surface area contributed by atoms with Gasteiger partial charge in [0.2, 0.25) is 5.76 Å². The fourth-order valence-corrected chi connectivity index (χ4v) is 7.13. The maximum absolute atomic E-state index is 13.4. The van der Waals surface area contributed by atoms with Gasteiger partial charge < -0.3 is 19.3 Å². The highest BCUT2D eigenvalue weighted by molar-refractivity contribution is 7.91. The molecule has 2 N–H and O–H groups in total. The Balaban J connectivity index is 0.00000400. The highest BCUT2D eigenvalue weighted by Crippen LogP contribution is 2.59. The molecule has 3 aromatic rings. The van der Waals surface area contributed by atoms with Crippen molar-refractivity contribution in [3.05, 3.63) is 59.9 Å². The molecule has 4 rings (SSSR count). The zero-order chi connectivity index (χ0) is 27.1. The normalized spacial score (nSPS) is 21.3. The number of thiophene rings is 1. The number of rotatable bonds is 11. The number of ether oxygens (including phenoxy) is 1. The van der Waals surface area contributed by atoms with Gasteiger partial charge in [0, 0.05) is 31.7 Å². The van der Waals surface area contributed by atoms with Gasteiger partial charge >= 0.3 is 12.1 Å². The molecule has 0 spiro atoms. The van der Waals surface area contributed by atoms with Crippen LogP contribution >= 0.6 is 23.7 Å². The molecule has 1 aromatic carbocycles. The lowest BCUT2D eigenvalue weighted by Gasteiger charge is -2.29. The molecular weight excluding hydrogens is 571 g/mol. The average Bonchev–Trinajstić information content (AvgIpc) is 3.24. The molecule has 9 nitrogen and oxygen atoms in total. The maximum atomic E-state index is 13.4. The molecule has 0 saturated heterocycles. The lowest BCUT2D eigenvalue weighted by molar-refractivity contribution is -0.155. The summed E-state index contributed by atoms with van der Waals surface area (Å²) >= 11 is 0.658. The molecule has 0 aliphatic heterocycles. The Kier molecular flexibility index (Phi) is 8.66. The Morgan fingerprint density at radius 3 is 2.53 bits per heavy atom. The van der Waals surface area contributed by atoms with Crippen LogP contribution in [0.1, 0.15) is 17.7 Å². The van der Waals surface area contributed by atoms with E-state index in [1.165, 1.54) is 12.1 Å². The minimum absolute atomic E-state index is 0. The summed E-state index contributed by atoms with van der Waals surface area (Å²) in [5.74, 6) is -2.64. The number of hydrogen-bond acceptors (Lipinski definition) is 8. The molecule has 0 bridgehead atoms. The van der Waals surface area contributed by atoms with Crippen LogP contribution in [0, 0.1) is 0 Å². The highest BCUT2D eigenvalue weighted by Gasteiger charge is 2.75. The minimum Gasteiger partial charge on any atom is -0.480 e. The number of carbonyl (C=O) groups is 1. The molecule has 2 atom stereocenters. The van der Waals surface area contributed by atoms with Crippen LogP contribution in [-0.2, 0) is 31.1 Å². The third-order valence-electron chi connectivity index (χ3n) is 6.36. The van der Waals surface area contributed by atoms with Crippen molar-refractivity contribution in [1.29, 1.82) is 0 Å². The van der Waals surface area contributed by atoms with Gasteiger partial charge in [-0.2, -0.15) is 17.9 Å². The van der Waals surface area contributed by atoms with Crippen molar-refractivity contribution >= 4 is 39.7 Å². The monoisotopic (exact) mass is 595 g/mol. The predicted octanol–water partition coefficient (Wildman–Crippen LogP) is 3.87. The van der Waals surface area contributed by atoms with E-state index in [-0.39, 0.29) is 40.2 Å². The topological polar surface area (TPSA) is 122 Å². The number of likely N-dealkylation sites (N-methyl/N-ethyl adjacent to an activating group) is 1. The summed E-state index contributed by atoms with van der Waals surface area (Å²) in [6.45, 7) is 1.15. The van der Waals surface area contributed by atoms with Crippen LogP contribution in [0.5, 0.6) is 0 Å². The van der Waals surface area contributed by atoms with E-state index in [0.717, 1.165) is 0 Å². The van der Waals surface area contributed by atoms with Gasteiger partial charge in [0.1, 0.15) is 15.4 Å². The first-order valence-electron chi connectivity index (χ1n) is 11.0. The number of halogens is 4. The quantitative estimate of drug-likeness (QED) is 0.343. The van der Waals surface area contributed by atoms with Gasteiger partial charge in [-0.25, -0.2) is 8.42 Å². The molecule has 1 aliphatic carbocycles. The highest BCUT2D eigenvalue weighted by atomic mass is 35.5. The van der Waals surface area contributed by atoms with Crippen molar-refractivity contribution in [3.8, 4) is 10.6 Å². The van der Waals surface area contributed by atoms with Crippen molar-refractivity contribution in [3.63, 3.8) is 0 Å². The number of alkyl halides is 3. The number of aliphatic carboxylic acids is 1. The number of carboxylic acids is 1. The molecule has 1 saturated carbocycles. The summed E-state index contributed by atoms with van der Waals surface area (Å²) in [4.78, 5) is 14.6. The lowest BCUT2D eigenvalue weighted by atomic mass is 9.90. The molecule has 0 amide bonds. The number of aromatic nitrogens is 1. The van der Waals surface area contributed by atoms with Crippen molar-refractivity contribution in [2.75, 3.05) is 33.9 Å². The minimum atomic E-state index is -4.74. The Bertz CT molecular complexity index is 1380. The third-order valence-corrected chi connectivity index (χ3v) is 9.46. The number of sulfonamides is 1. The van der Waals surface area contributed by atoms with Gasteiger partial charge in [-0.3, -0.25) is 4.79 Å². The number of methoxy groups -OCH3 is 1. The van der Waals surface area contributed by atoms with Crippen LogP contribution in [-0.4, -0.2) is 68.9 Å². The van der Waals surface area contributed by atoms with Crippen LogP contribution in [0.15, 0.2) is 57.3 Å². The molecule has 0 radical (unpaired) electrons. The van der Waals surface area contributed by atoms with E-state index in [1.54, 1.807) is 44.5 Å². The Labute approximate surface area is 227 Å². The molecule has 1 fully saturated rings. The molecule has 208 valence electrons. The summed E-state index contributed by atoms with van der Waals surface area (Å²) < 4.78 is 76.8. The van der Waals surface area contributed by atoms with Crippen LogP contribution in [0.3, 0.4) is 0 Å². The van der Waals surface area contributed by atoms with Crippen molar-refractivity contribution < 1.29 is 40.8 Å². The van der Waals surface area contributed by atoms with Crippen LogP contribution in [0.4, 0.5) is 13.2 Å². The van der Waals surface area contributed by atoms with E-state index in [9.17, 15) is 31.5 Å². The summed E-state index contributed by atoms with van der Waals surface area (Å²) in [6, 6.07) is 12.0. The Morgan fingerprint density at radius 1 is 1.26 bits per heavy atom. The summed E-state index contributed by atoms with van der Waals surface area (Å²) in [5, 5.41) is 13.6. The van der Waals surface area contributed by atoms with E-state index < -0.39 is 38.9 Å². The Morgan fingerprint density at radius 2 is 1.95 bits per heavy atom. The number of benzene rings is 1. The Hall–Kier alpha value is -2.49. The second-order valence-corrected chi connectivity index (χ2v) is 11.9. The lowest BCUT2D eigenvalue weighted by Crippen LogP contribution is -2.51.